The van der Waals surface area contributed by atoms with Gasteiger partial charge in [-0.3, -0.25) is 4.79 Å². The summed E-state index contributed by atoms with van der Waals surface area (Å²) in [5.74, 6) is 0.453. The van der Waals surface area contributed by atoms with E-state index in [1.165, 1.54) is 18.0 Å². The van der Waals surface area contributed by atoms with E-state index >= 15 is 0 Å². The fourth-order valence-electron chi connectivity index (χ4n) is 1.83. The van der Waals surface area contributed by atoms with Crippen molar-refractivity contribution in [1.82, 2.24) is 5.43 Å². The van der Waals surface area contributed by atoms with E-state index < -0.39 is 0 Å². The van der Waals surface area contributed by atoms with Crippen LogP contribution in [0.2, 0.25) is 15.1 Å². The van der Waals surface area contributed by atoms with Crippen molar-refractivity contribution < 1.29 is 9.53 Å². The number of halogens is 3. The number of hydrogen-bond acceptors (Lipinski definition) is 4. The number of nitrogens with zero attached hydrogens (tertiary/aromatic N) is 1. The van der Waals surface area contributed by atoms with Crippen molar-refractivity contribution in [3.05, 3.63) is 57.0 Å². The highest BCUT2D eigenvalue weighted by molar-refractivity contribution is 8.00. The number of benzene rings is 2. The average Bonchev–Trinajstić information content (AvgIpc) is 2.58. The molecule has 4 nitrogen and oxygen atoms in total. The van der Waals surface area contributed by atoms with Crippen LogP contribution >= 0.6 is 46.6 Å². The van der Waals surface area contributed by atoms with Gasteiger partial charge >= 0.3 is 0 Å². The summed E-state index contributed by atoms with van der Waals surface area (Å²) in [4.78, 5) is 12.8. The first-order valence-corrected chi connectivity index (χ1v) is 9.43. The van der Waals surface area contributed by atoms with Crippen LogP contribution in [0.4, 0.5) is 0 Å². The summed E-state index contributed by atoms with van der Waals surface area (Å²) in [6.07, 6.45) is 1.47. The van der Waals surface area contributed by atoms with E-state index in [-0.39, 0.29) is 11.7 Å². The highest BCUT2D eigenvalue weighted by atomic mass is 35.5. The van der Waals surface area contributed by atoms with E-state index in [1.807, 2.05) is 19.1 Å². The van der Waals surface area contributed by atoms with Gasteiger partial charge in [0.1, 0.15) is 0 Å². The Kier molecular flexibility index (Phi) is 7.90. The first-order valence-electron chi connectivity index (χ1n) is 7.31. The molecule has 0 aliphatic rings. The average molecular weight is 418 g/mol. The van der Waals surface area contributed by atoms with Gasteiger partial charge in [-0.1, -0.05) is 34.8 Å². The summed E-state index contributed by atoms with van der Waals surface area (Å²) < 4.78 is 5.36. The number of hydrazone groups is 1. The van der Waals surface area contributed by atoms with E-state index in [1.54, 1.807) is 24.3 Å². The summed E-state index contributed by atoms with van der Waals surface area (Å²) in [5, 5.41) is 5.35. The molecule has 2 aromatic rings. The van der Waals surface area contributed by atoms with Crippen molar-refractivity contribution in [2.75, 3.05) is 12.4 Å². The maximum absolute atomic E-state index is 11.8. The number of rotatable bonds is 7. The molecule has 132 valence electrons. The van der Waals surface area contributed by atoms with Gasteiger partial charge in [-0.25, -0.2) is 5.43 Å². The normalized spacial score (nSPS) is 10.9. The molecule has 0 heterocycles. The third-order valence-electron chi connectivity index (χ3n) is 2.90. The molecule has 2 rings (SSSR count). The molecular formula is C17H15Cl3N2O2S. The summed E-state index contributed by atoms with van der Waals surface area (Å²) in [6.45, 7) is 2.31. The van der Waals surface area contributed by atoms with Crippen LogP contribution in [-0.2, 0) is 4.79 Å². The Bertz CT molecular complexity index is 744. The standard InChI is InChI=1S/C17H15Cl3N2O2S/c1-2-24-17-14(19)7-11(8-15(17)20)9-21-22-16(23)10-25-13-5-3-12(18)4-6-13/h3-9H,2,10H2,1H3,(H,22,23)/b21-9-. The third-order valence-corrected chi connectivity index (χ3v) is 4.72. The number of nitrogens with one attached hydrogen (secondary N) is 1. The van der Waals surface area contributed by atoms with E-state index in [9.17, 15) is 4.79 Å². The number of amides is 1. The van der Waals surface area contributed by atoms with Gasteiger partial charge in [0.2, 0.25) is 5.91 Å². The van der Waals surface area contributed by atoms with Gasteiger partial charge in [0.25, 0.3) is 0 Å². The second kappa shape index (κ2) is 9.92. The van der Waals surface area contributed by atoms with Crippen molar-refractivity contribution in [2.24, 2.45) is 5.10 Å². The molecule has 8 heteroatoms. The molecule has 0 spiro atoms. The third kappa shape index (κ3) is 6.44. The maximum Gasteiger partial charge on any atom is 0.250 e. The first kappa shape index (κ1) is 19.9. The van der Waals surface area contributed by atoms with Crippen LogP contribution in [0.1, 0.15) is 12.5 Å². The molecule has 0 fully saturated rings. The Balaban J connectivity index is 1.87. The predicted octanol–water partition coefficient (Wildman–Crippen LogP) is 5.29. The second-order valence-corrected chi connectivity index (χ2v) is 7.08. The molecule has 0 saturated carbocycles. The van der Waals surface area contributed by atoms with Crippen molar-refractivity contribution >= 4 is 58.7 Å². The highest BCUT2D eigenvalue weighted by Gasteiger charge is 2.08. The minimum absolute atomic E-state index is 0.223. The Hall–Kier alpha value is -1.40. The maximum atomic E-state index is 11.8. The quantitative estimate of drug-likeness (QED) is 0.378. The lowest BCUT2D eigenvalue weighted by Crippen LogP contribution is -2.19. The Morgan fingerprint density at radius 3 is 2.44 bits per heavy atom. The molecule has 2 aromatic carbocycles. The molecule has 0 atom stereocenters. The summed E-state index contributed by atoms with van der Waals surface area (Å²) in [7, 11) is 0. The molecule has 25 heavy (non-hydrogen) atoms. The van der Waals surface area contributed by atoms with E-state index in [0.717, 1.165) is 4.90 Å². The lowest BCUT2D eigenvalue weighted by molar-refractivity contribution is -0.118. The summed E-state index contributed by atoms with van der Waals surface area (Å²) in [6, 6.07) is 10.6. The van der Waals surface area contributed by atoms with Gasteiger partial charge in [-0.05, 0) is 48.9 Å². The van der Waals surface area contributed by atoms with Crippen LogP contribution in [-0.4, -0.2) is 24.5 Å². The Labute approximate surface area is 165 Å². The molecule has 1 N–H and O–H groups in total. The molecule has 0 saturated heterocycles. The zero-order valence-corrected chi connectivity index (χ0v) is 16.3. The zero-order valence-electron chi connectivity index (χ0n) is 13.3. The van der Waals surface area contributed by atoms with Crippen LogP contribution < -0.4 is 10.2 Å². The lowest BCUT2D eigenvalue weighted by atomic mass is 10.2. The fourth-order valence-corrected chi connectivity index (χ4v) is 3.26. The molecule has 1 amide bonds. The number of ether oxygens (including phenoxy) is 1. The van der Waals surface area contributed by atoms with Gasteiger partial charge in [-0.2, -0.15) is 5.10 Å². The predicted molar refractivity (Wildman–Crippen MR) is 106 cm³/mol. The lowest BCUT2D eigenvalue weighted by Gasteiger charge is -2.08. The minimum Gasteiger partial charge on any atom is -0.491 e. The zero-order chi connectivity index (χ0) is 18.2. The van der Waals surface area contributed by atoms with Crippen LogP contribution in [0.5, 0.6) is 5.75 Å². The van der Waals surface area contributed by atoms with Gasteiger partial charge < -0.3 is 4.74 Å². The van der Waals surface area contributed by atoms with Crippen molar-refractivity contribution in [3.8, 4) is 5.75 Å². The van der Waals surface area contributed by atoms with E-state index in [4.69, 9.17) is 39.5 Å². The van der Waals surface area contributed by atoms with Gasteiger partial charge in [0.15, 0.2) is 5.75 Å². The second-order valence-electron chi connectivity index (χ2n) is 4.78. The Morgan fingerprint density at radius 2 is 1.84 bits per heavy atom. The molecule has 0 aliphatic heterocycles. The molecule has 0 aliphatic carbocycles. The van der Waals surface area contributed by atoms with Crippen LogP contribution in [0.3, 0.4) is 0 Å². The highest BCUT2D eigenvalue weighted by Crippen LogP contribution is 2.33. The SMILES string of the molecule is CCOc1c(Cl)cc(/C=N\NC(=O)CSc2ccc(Cl)cc2)cc1Cl. The molecule has 0 bridgehead atoms. The molecular weight excluding hydrogens is 403 g/mol. The van der Waals surface area contributed by atoms with Crippen molar-refractivity contribution in [2.45, 2.75) is 11.8 Å². The largest absolute Gasteiger partial charge is 0.491 e. The number of thioether (sulfide) groups is 1. The van der Waals surface area contributed by atoms with Gasteiger partial charge in [0, 0.05) is 9.92 Å². The topological polar surface area (TPSA) is 50.7 Å². The fraction of sp³-hybridized carbons (Fsp3) is 0.176. The first-order chi connectivity index (χ1) is 12.0. The smallest absolute Gasteiger partial charge is 0.250 e. The van der Waals surface area contributed by atoms with Gasteiger partial charge in [0.05, 0.1) is 28.6 Å². The monoisotopic (exact) mass is 416 g/mol. The number of hydrogen-bond donors (Lipinski definition) is 1. The summed E-state index contributed by atoms with van der Waals surface area (Å²) in [5.41, 5.74) is 3.11. The Morgan fingerprint density at radius 1 is 1.20 bits per heavy atom. The number of carbonyl (C=O) groups is 1. The number of carbonyl (C=O) groups excluding carboxylic acids is 1. The van der Waals surface area contributed by atoms with E-state index in [0.29, 0.717) is 33.0 Å². The van der Waals surface area contributed by atoms with Crippen molar-refractivity contribution in [1.29, 1.82) is 0 Å². The van der Waals surface area contributed by atoms with Crippen LogP contribution in [0, 0.1) is 0 Å². The van der Waals surface area contributed by atoms with Crippen molar-refractivity contribution in [3.63, 3.8) is 0 Å². The van der Waals surface area contributed by atoms with Crippen LogP contribution in [0.15, 0.2) is 46.4 Å². The minimum atomic E-state index is -0.223. The van der Waals surface area contributed by atoms with Crippen LogP contribution in [0.25, 0.3) is 0 Å². The molecule has 0 aromatic heterocycles. The molecule has 0 radical (unpaired) electrons. The van der Waals surface area contributed by atoms with E-state index in [2.05, 4.69) is 10.5 Å². The summed E-state index contributed by atoms with van der Waals surface area (Å²) >= 11 is 19.4. The van der Waals surface area contributed by atoms with Gasteiger partial charge in [-0.15, -0.1) is 11.8 Å². The molecule has 0 unspecified atom stereocenters.